The first-order chi connectivity index (χ1) is 7.60. The van der Waals surface area contributed by atoms with Gasteiger partial charge in [0.05, 0.1) is 0 Å². The van der Waals surface area contributed by atoms with Crippen molar-refractivity contribution in [3.63, 3.8) is 0 Å². The Morgan fingerprint density at radius 3 is 1.33 bits per heavy atom. The molecule has 0 fully saturated rings. The van der Waals surface area contributed by atoms with E-state index in [0.29, 0.717) is 0 Å². The van der Waals surface area contributed by atoms with Crippen LogP contribution in [0.25, 0.3) is 0 Å². The molecule has 12 heteroatoms. The van der Waals surface area contributed by atoms with Crippen molar-refractivity contribution in [2.24, 2.45) is 0 Å². The standard InChI is InChI=1S/C6H4BCl2F9/c1-2(7(8)9)3(10,11)4(12,13)5(14,15)6(16,17)18/h2H,1H3. The van der Waals surface area contributed by atoms with Crippen molar-refractivity contribution in [1.29, 1.82) is 0 Å². The van der Waals surface area contributed by atoms with Crippen molar-refractivity contribution >= 4 is 28.5 Å². The molecule has 0 aliphatic carbocycles. The molecule has 0 radical (unpaired) electrons. The Morgan fingerprint density at radius 1 is 0.778 bits per heavy atom. The van der Waals surface area contributed by atoms with Gasteiger partial charge < -0.3 is 0 Å². The number of hydrogen-bond acceptors (Lipinski definition) is 0. The highest BCUT2D eigenvalue weighted by Crippen LogP contribution is 2.57. The van der Waals surface area contributed by atoms with Gasteiger partial charge in [-0.05, 0) is 0 Å². The lowest BCUT2D eigenvalue weighted by Gasteiger charge is -2.36. The molecule has 1 unspecified atom stereocenters. The molecule has 0 aromatic heterocycles. The SMILES string of the molecule is CC(B(Cl)Cl)C(F)(F)C(F)(F)C(F)(F)C(F)(F)F. The molecular weight excluding hydrogens is 325 g/mol. The molecule has 0 aromatic rings. The monoisotopic (exact) mass is 328 g/mol. The van der Waals surface area contributed by atoms with Gasteiger partial charge in [0.25, 0.3) is 0 Å². The topological polar surface area (TPSA) is 0 Å². The Hall–Kier alpha value is 0.0149. The summed E-state index contributed by atoms with van der Waals surface area (Å²) in [4.78, 5) is 0. The van der Waals surface area contributed by atoms with E-state index in [-0.39, 0.29) is 6.92 Å². The van der Waals surface area contributed by atoms with E-state index in [4.69, 9.17) is 22.9 Å². The highest BCUT2D eigenvalue weighted by atomic mass is 35.5. The minimum atomic E-state index is -6.92. The fraction of sp³-hybridized carbons (Fsp3) is 1.00. The highest BCUT2D eigenvalue weighted by molar-refractivity contribution is 7.34. The van der Waals surface area contributed by atoms with E-state index in [1.807, 2.05) is 0 Å². The van der Waals surface area contributed by atoms with E-state index >= 15 is 0 Å². The maximum atomic E-state index is 13.0. The molecule has 0 aromatic carbocycles. The summed E-state index contributed by atoms with van der Waals surface area (Å²) >= 11 is 9.62. The lowest BCUT2D eigenvalue weighted by molar-refractivity contribution is -0.396. The van der Waals surface area contributed by atoms with Gasteiger partial charge >= 0.3 is 29.5 Å². The van der Waals surface area contributed by atoms with Gasteiger partial charge in [0.2, 0.25) is 0 Å². The molecule has 0 rings (SSSR count). The molecule has 0 N–H and O–H groups in total. The fourth-order valence-electron chi connectivity index (χ4n) is 0.831. The van der Waals surface area contributed by atoms with Crippen LogP contribution in [0.5, 0.6) is 0 Å². The van der Waals surface area contributed by atoms with Gasteiger partial charge in [0, 0.05) is 5.82 Å². The third-order valence-corrected chi connectivity index (χ3v) is 2.87. The first-order valence-corrected chi connectivity index (χ1v) is 4.96. The van der Waals surface area contributed by atoms with Gasteiger partial charge in [-0.25, -0.2) is 8.78 Å². The normalized spacial score (nSPS) is 16.7. The van der Waals surface area contributed by atoms with Crippen LogP contribution < -0.4 is 0 Å². The van der Waals surface area contributed by atoms with Gasteiger partial charge in [-0.3, -0.25) is 0 Å². The van der Waals surface area contributed by atoms with E-state index in [1.165, 1.54) is 0 Å². The third-order valence-electron chi connectivity index (χ3n) is 2.12. The minimum Gasteiger partial charge on any atom is -0.200 e. The predicted octanol–water partition coefficient (Wildman–Crippen LogP) is 4.81. The smallest absolute Gasteiger partial charge is 0.200 e. The van der Waals surface area contributed by atoms with Crippen LogP contribution in [-0.2, 0) is 0 Å². The van der Waals surface area contributed by atoms with Crippen LogP contribution in [0.3, 0.4) is 0 Å². The number of halogens is 11. The summed E-state index contributed by atoms with van der Waals surface area (Å²) in [7, 11) is 0. The molecule has 0 heterocycles. The summed E-state index contributed by atoms with van der Waals surface area (Å²) in [5, 5.41) is 0. The zero-order valence-electron chi connectivity index (χ0n) is 8.31. The van der Waals surface area contributed by atoms with Gasteiger partial charge in [-0.15, -0.1) is 0 Å². The Bertz CT molecular complexity index is 300. The van der Waals surface area contributed by atoms with E-state index in [0.717, 1.165) is 0 Å². The molecule has 0 aliphatic heterocycles. The minimum absolute atomic E-state index is 0.227. The van der Waals surface area contributed by atoms with Crippen LogP contribution in [0.1, 0.15) is 6.92 Å². The molecule has 0 amide bonds. The lowest BCUT2D eigenvalue weighted by Crippen LogP contribution is -2.62. The van der Waals surface area contributed by atoms with Crippen LogP contribution in [0.15, 0.2) is 0 Å². The second-order valence-electron chi connectivity index (χ2n) is 3.39. The molecule has 18 heavy (non-hydrogen) atoms. The summed E-state index contributed by atoms with van der Waals surface area (Å²) in [6.45, 7) is 0.227. The van der Waals surface area contributed by atoms with Crippen molar-refractivity contribution in [3.8, 4) is 0 Å². The van der Waals surface area contributed by atoms with Crippen LogP contribution in [-0.4, -0.2) is 29.5 Å². The molecular formula is C6H4BCl2F9. The third kappa shape index (κ3) is 2.64. The zero-order valence-corrected chi connectivity index (χ0v) is 9.82. The molecule has 0 saturated carbocycles. The van der Waals surface area contributed by atoms with Crippen LogP contribution >= 0.6 is 22.9 Å². The Balaban J connectivity index is 5.64. The summed E-state index contributed by atoms with van der Waals surface area (Å²) in [6, 6.07) is 0. The van der Waals surface area contributed by atoms with E-state index in [9.17, 15) is 39.5 Å². The predicted molar refractivity (Wildman–Crippen MR) is 47.8 cm³/mol. The van der Waals surface area contributed by atoms with Crippen molar-refractivity contribution in [3.05, 3.63) is 0 Å². The highest BCUT2D eigenvalue weighted by Gasteiger charge is 2.82. The first kappa shape index (κ1) is 18.0. The molecule has 0 bridgehead atoms. The quantitative estimate of drug-likeness (QED) is 0.513. The molecule has 0 nitrogen and oxygen atoms in total. The maximum absolute atomic E-state index is 13.0. The van der Waals surface area contributed by atoms with Crippen molar-refractivity contribution in [1.82, 2.24) is 0 Å². The molecule has 0 aliphatic rings. The molecule has 1 atom stereocenters. The fourth-order valence-corrected chi connectivity index (χ4v) is 1.15. The van der Waals surface area contributed by atoms with Gasteiger partial charge in [0.1, 0.15) is 0 Å². The first-order valence-electron chi connectivity index (χ1n) is 4.09. The van der Waals surface area contributed by atoms with Crippen LogP contribution in [0.4, 0.5) is 39.5 Å². The van der Waals surface area contributed by atoms with Crippen molar-refractivity contribution in [2.75, 3.05) is 0 Å². The van der Waals surface area contributed by atoms with E-state index in [2.05, 4.69) is 0 Å². The largest absolute Gasteiger partial charge is 0.460 e. The van der Waals surface area contributed by atoms with E-state index in [1.54, 1.807) is 0 Å². The summed E-state index contributed by atoms with van der Waals surface area (Å²) in [5.74, 6) is -22.2. The molecule has 108 valence electrons. The Labute approximate surface area is 105 Å². The van der Waals surface area contributed by atoms with Crippen molar-refractivity contribution in [2.45, 2.75) is 36.7 Å². The number of hydrogen-bond donors (Lipinski definition) is 0. The second-order valence-corrected chi connectivity index (χ2v) is 4.56. The van der Waals surface area contributed by atoms with Gasteiger partial charge in [-0.1, -0.05) is 6.92 Å². The van der Waals surface area contributed by atoms with Gasteiger partial charge in [-0.2, -0.15) is 53.7 Å². The van der Waals surface area contributed by atoms with Crippen molar-refractivity contribution < 1.29 is 39.5 Å². The Kier molecular flexibility index (Phi) is 4.85. The average Bonchev–Trinajstić information content (AvgIpc) is 2.13. The lowest BCUT2D eigenvalue weighted by atomic mass is 9.77. The summed E-state index contributed by atoms with van der Waals surface area (Å²) < 4.78 is 111. The second kappa shape index (κ2) is 4.84. The Morgan fingerprint density at radius 2 is 1.11 bits per heavy atom. The number of rotatable bonds is 4. The van der Waals surface area contributed by atoms with Crippen LogP contribution in [0.2, 0.25) is 5.82 Å². The molecule has 0 spiro atoms. The molecule has 0 saturated heterocycles. The summed E-state index contributed by atoms with van der Waals surface area (Å²) in [5.41, 5.74) is -2.25. The van der Waals surface area contributed by atoms with E-state index < -0.39 is 35.3 Å². The van der Waals surface area contributed by atoms with Gasteiger partial charge in [0.15, 0.2) is 0 Å². The maximum Gasteiger partial charge on any atom is 0.460 e. The van der Waals surface area contributed by atoms with Crippen LogP contribution in [0, 0.1) is 0 Å². The summed E-state index contributed by atoms with van der Waals surface area (Å²) in [6.07, 6.45) is -6.84. The zero-order chi connectivity index (χ0) is 15.2. The number of alkyl halides is 9. The average molecular weight is 329 g/mol.